The Morgan fingerprint density at radius 3 is 2.39 bits per heavy atom. The first-order valence-corrected chi connectivity index (χ1v) is 14.0. The second-order valence-corrected chi connectivity index (χ2v) is 10.2. The molecule has 0 radical (unpaired) electrons. The van der Waals surface area contributed by atoms with Crippen molar-refractivity contribution in [2.45, 2.75) is 58.1 Å². The summed E-state index contributed by atoms with van der Waals surface area (Å²) in [5, 5.41) is 12.5. The highest BCUT2D eigenvalue weighted by molar-refractivity contribution is 5.61. The van der Waals surface area contributed by atoms with Crippen LogP contribution in [0.25, 0.3) is 0 Å². The van der Waals surface area contributed by atoms with Crippen LogP contribution < -0.4 is 19.7 Å². The quantitative estimate of drug-likeness (QED) is 0.433. The van der Waals surface area contributed by atoms with Crippen molar-refractivity contribution in [3.05, 3.63) is 53.6 Å². The fraction of sp³-hybridized carbons (Fsp3) is 0.613. The van der Waals surface area contributed by atoms with E-state index in [1.54, 1.807) is 14.2 Å². The summed E-state index contributed by atoms with van der Waals surface area (Å²) < 4.78 is 15.8. The van der Waals surface area contributed by atoms with Crippen LogP contribution in [0.2, 0.25) is 0 Å². The van der Waals surface area contributed by atoms with Crippen molar-refractivity contribution < 1.29 is 20.7 Å². The van der Waals surface area contributed by atoms with Gasteiger partial charge >= 0.3 is 0 Å². The molecular formula is C31H53N3O4. The van der Waals surface area contributed by atoms with E-state index in [9.17, 15) is 0 Å². The number of benzene rings is 2. The number of ether oxygens (including phenoxy) is 3. The van der Waals surface area contributed by atoms with Crippen molar-refractivity contribution in [3.8, 4) is 11.5 Å². The third-order valence-electron chi connectivity index (χ3n) is 7.34. The number of piperidine rings is 1. The lowest BCUT2D eigenvalue weighted by atomic mass is 9.90. The normalized spacial score (nSPS) is 15.8. The molecule has 1 atom stereocenters. The highest BCUT2D eigenvalue weighted by Gasteiger charge is 2.18. The lowest BCUT2D eigenvalue weighted by Crippen LogP contribution is -2.34. The van der Waals surface area contributed by atoms with Crippen LogP contribution in [-0.4, -0.2) is 83.8 Å². The van der Waals surface area contributed by atoms with Crippen molar-refractivity contribution in [2.24, 2.45) is 0 Å². The predicted molar refractivity (Wildman–Crippen MR) is 160 cm³/mol. The van der Waals surface area contributed by atoms with Gasteiger partial charge in [0.15, 0.2) is 0 Å². The van der Waals surface area contributed by atoms with E-state index in [1.165, 1.54) is 24.8 Å². The summed E-state index contributed by atoms with van der Waals surface area (Å²) in [5.74, 6) is 2.59. The second-order valence-electron chi connectivity index (χ2n) is 10.2. The molecule has 1 unspecified atom stereocenters. The highest BCUT2D eigenvalue weighted by Crippen LogP contribution is 2.32. The molecular weight excluding hydrogens is 478 g/mol. The smallest absolute Gasteiger partial charge is 0.142 e. The number of hydrogen-bond donors (Lipinski definition) is 2. The summed E-state index contributed by atoms with van der Waals surface area (Å²) in [6, 6.07) is 15.1. The Morgan fingerprint density at radius 1 is 1.13 bits per heavy atom. The summed E-state index contributed by atoms with van der Waals surface area (Å²) in [6.07, 6.45) is 4.75. The Morgan fingerprint density at radius 2 is 1.84 bits per heavy atom. The lowest BCUT2D eigenvalue weighted by Gasteiger charge is -2.31. The molecule has 0 aromatic heterocycles. The Balaban J connectivity index is 0.000000313. The third kappa shape index (κ3) is 10.8. The van der Waals surface area contributed by atoms with Crippen molar-refractivity contribution >= 4 is 5.69 Å². The number of nitrogens with zero attached hydrogens (tertiary/aromatic N) is 2. The third-order valence-corrected chi connectivity index (χ3v) is 7.34. The van der Waals surface area contributed by atoms with E-state index in [-0.39, 0.29) is 8.03 Å². The number of aliphatic hydroxyl groups is 1. The van der Waals surface area contributed by atoms with Gasteiger partial charge in [-0.15, -0.1) is 0 Å². The molecule has 2 aromatic carbocycles. The maximum atomic E-state index is 9.16. The molecule has 2 aromatic rings. The zero-order chi connectivity index (χ0) is 27.8. The molecule has 0 bridgehead atoms. The molecule has 7 nitrogen and oxygen atoms in total. The van der Waals surface area contributed by atoms with Crippen molar-refractivity contribution in [1.82, 2.24) is 10.2 Å². The van der Waals surface area contributed by atoms with Gasteiger partial charge < -0.3 is 34.4 Å². The van der Waals surface area contributed by atoms with E-state index < -0.39 is 0 Å². The van der Waals surface area contributed by atoms with Gasteiger partial charge in [-0.1, -0.05) is 25.1 Å². The highest BCUT2D eigenvalue weighted by atomic mass is 16.5. The van der Waals surface area contributed by atoms with Crippen molar-refractivity contribution in [2.75, 3.05) is 72.6 Å². The summed E-state index contributed by atoms with van der Waals surface area (Å²) in [5.41, 5.74) is 3.46. The van der Waals surface area contributed by atoms with Crippen LogP contribution in [0.3, 0.4) is 0 Å². The van der Waals surface area contributed by atoms with E-state index in [0.29, 0.717) is 0 Å². The number of methoxy groups -OCH3 is 2. The average Bonchev–Trinajstić information content (AvgIpc) is 2.97. The maximum Gasteiger partial charge on any atom is 0.142 e. The molecule has 2 aliphatic rings. The van der Waals surface area contributed by atoms with Gasteiger partial charge in [0, 0.05) is 27.7 Å². The van der Waals surface area contributed by atoms with Crippen molar-refractivity contribution in [3.63, 3.8) is 0 Å². The molecule has 216 valence electrons. The molecule has 0 spiro atoms. The molecule has 38 heavy (non-hydrogen) atoms. The van der Waals surface area contributed by atoms with Gasteiger partial charge in [0.1, 0.15) is 18.1 Å². The van der Waals surface area contributed by atoms with Gasteiger partial charge in [-0.05, 0) is 101 Å². The first-order chi connectivity index (χ1) is 18.4. The predicted octanol–water partition coefficient (Wildman–Crippen LogP) is 5.17. The summed E-state index contributed by atoms with van der Waals surface area (Å²) in [7, 11) is 7.64. The van der Waals surface area contributed by atoms with Gasteiger partial charge in [0.2, 0.25) is 0 Å². The Labute approximate surface area is 232 Å². The van der Waals surface area contributed by atoms with E-state index >= 15 is 0 Å². The minimum Gasteiger partial charge on any atom is -0.497 e. The van der Waals surface area contributed by atoms with Crippen LogP contribution in [-0.2, 0) is 11.3 Å². The lowest BCUT2D eigenvalue weighted by molar-refractivity contribution is 0.195. The Hall–Kier alpha value is -2.32. The van der Waals surface area contributed by atoms with Crippen LogP contribution >= 0.6 is 0 Å². The first kappa shape index (κ1) is 31.9. The molecule has 0 aliphatic carbocycles. The minimum absolute atomic E-state index is 0. The standard InChI is InChI=1S/C13H19NO3.C12H17NO.C6H15N.H2/c1-16-7-2-5-14-6-8-17-13-4-3-11(10-15)9-12(13)14;1-14-12-4-2-10(3-5-12)11-6-8-13-9-7-11;1-5-6(2)7(3)4;/h3-4,9,15H,2,5-8,10H2,1H3;2-5,11,13H,6-9H2,1H3;6H,5H2,1-4H3;1H. The van der Waals surface area contributed by atoms with E-state index in [0.717, 1.165) is 80.5 Å². The van der Waals surface area contributed by atoms with E-state index in [2.05, 4.69) is 67.3 Å². The Bertz CT molecular complexity index is 892. The average molecular weight is 532 g/mol. The van der Waals surface area contributed by atoms with Gasteiger partial charge in [0.05, 0.1) is 25.9 Å². The van der Waals surface area contributed by atoms with E-state index in [1.807, 2.05) is 18.2 Å². The molecule has 7 heteroatoms. The number of rotatable bonds is 9. The summed E-state index contributed by atoms with van der Waals surface area (Å²) in [4.78, 5) is 4.51. The fourth-order valence-corrected chi connectivity index (χ4v) is 4.45. The minimum atomic E-state index is 0. The van der Waals surface area contributed by atoms with Gasteiger partial charge in [-0.25, -0.2) is 0 Å². The zero-order valence-corrected chi connectivity index (χ0v) is 24.5. The SMILES string of the molecule is CCC(C)N(C)C.COCCCN1CCOc2ccc(CO)cc21.COc1ccc(C2CCNCC2)cc1.[HH]. The second kappa shape index (κ2) is 18.1. The van der Waals surface area contributed by atoms with Gasteiger partial charge in [-0.2, -0.15) is 0 Å². The number of aliphatic hydroxyl groups excluding tert-OH is 1. The molecule has 2 aliphatic heterocycles. The summed E-state index contributed by atoms with van der Waals surface area (Å²) in [6.45, 7) is 10.1. The molecule has 0 saturated carbocycles. The molecule has 1 fully saturated rings. The largest absolute Gasteiger partial charge is 0.497 e. The number of nitrogens with one attached hydrogen (secondary N) is 1. The topological polar surface area (TPSA) is 66.4 Å². The first-order valence-electron chi connectivity index (χ1n) is 14.0. The van der Waals surface area contributed by atoms with Crippen molar-refractivity contribution in [1.29, 1.82) is 0 Å². The van der Waals surface area contributed by atoms with Crippen LogP contribution in [0, 0.1) is 0 Å². The summed E-state index contributed by atoms with van der Waals surface area (Å²) >= 11 is 0. The van der Waals surface area contributed by atoms with Gasteiger partial charge in [-0.3, -0.25) is 0 Å². The van der Waals surface area contributed by atoms with Crippen LogP contribution in [0.4, 0.5) is 5.69 Å². The molecule has 0 amide bonds. The van der Waals surface area contributed by atoms with Gasteiger partial charge in [0.25, 0.3) is 0 Å². The van der Waals surface area contributed by atoms with Crippen LogP contribution in [0.15, 0.2) is 42.5 Å². The van der Waals surface area contributed by atoms with Crippen LogP contribution in [0.5, 0.6) is 11.5 Å². The molecule has 1 saturated heterocycles. The molecule has 4 rings (SSSR count). The fourth-order valence-electron chi connectivity index (χ4n) is 4.45. The number of anilines is 1. The van der Waals surface area contributed by atoms with Crippen LogP contribution in [0.1, 0.15) is 58.0 Å². The Kier molecular flexibility index (Phi) is 15.2. The molecule has 2 N–H and O–H groups in total. The van der Waals surface area contributed by atoms with E-state index in [4.69, 9.17) is 19.3 Å². The monoisotopic (exact) mass is 531 g/mol. The molecule has 2 heterocycles. The number of fused-ring (bicyclic) bond motifs is 1. The zero-order valence-electron chi connectivity index (χ0n) is 24.5. The number of hydrogen-bond acceptors (Lipinski definition) is 7. The maximum absolute atomic E-state index is 9.16.